The van der Waals surface area contributed by atoms with E-state index in [9.17, 15) is 19.2 Å². The molecule has 0 radical (unpaired) electrons. The highest BCUT2D eigenvalue weighted by Gasteiger charge is 2.45. The first kappa shape index (κ1) is 29.4. The van der Waals surface area contributed by atoms with Gasteiger partial charge >= 0.3 is 0 Å². The monoisotopic (exact) mass is 534 g/mol. The second kappa shape index (κ2) is 15.9. The number of fused-ring (bicyclic) bond motifs is 1. The number of imide groups is 2. The van der Waals surface area contributed by atoms with E-state index in [2.05, 4.69) is 11.9 Å². The molecule has 0 bridgehead atoms. The normalized spacial score (nSPS) is 17.1. The number of amides is 4. The number of rotatable bonds is 19. The molecule has 0 saturated carbocycles. The molecule has 0 aromatic heterocycles. The zero-order valence-corrected chi connectivity index (χ0v) is 21.3. The fourth-order valence-corrected chi connectivity index (χ4v) is 3.86. The highest BCUT2D eigenvalue weighted by Crippen LogP contribution is 2.33. The van der Waals surface area contributed by atoms with Gasteiger partial charge in [0.1, 0.15) is 18.4 Å². The summed E-state index contributed by atoms with van der Waals surface area (Å²) in [6.07, 6.45) is 1.84. The smallest absolute Gasteiger partial charge is 0.266 e. The van der Waals surface area contributed by atoms with Gasteiger partial charge in [0.25, 0.3) is 11.8 Å². The first-order valence-corrected chi connectivity index (χ1v) is 12.5. The number of benzene rings is 1. The molecule has 1 aromatic rings. The number of carbonyl (C=O) groups excluding carboxylic acids is 4. The molecule has 0 spiro atoms. The van der Waals surface area contributed by atoms with E-state index in [0.717, 1.165) is 4.90 Å². The molecule has 1 N–H and O–H groups in total. The average molecular weight is 535 g/mol. The zero-order valence-electron chi connectivity index (χ0n) is 21.3. The van der Waals surface area contributed by atoms with Crippen LogP contribution in [0.2, 0.25) is 0 Å². The van der Waals surface area contributed by atoms with Crippen LogP contribution >= 0.6 is 0 Å². The molecular formula is C26H34N2O10. The van der Waals surface area contributed by atoms with Gasteiger partial charge in [-0.15, -0.1) is 6.58 Å². The van der Waals surface area contributed by atoms with Crippen LogP contribution in [0.25, 0.3) is 0 Å². The van der Waals surface area contributed by atoms with E-state index < -0.39 is 29.7 Å². The highest BCUT2D eigenvalue weighted by molar-refractivity contribution is 6.24. The Balaban J connectivity index is 1.27. The van der Waals surface area contributed by atoms with E-state index in [-0.39, 0.29) is 42.9 Å². The summed E-state index contributed by atoms with van der Waals surface area (Å²) in [5.74, 6) is -2.04. The standard InChI is InChI=1S/C26H34N2O10/c1-2-8-33-9-10-34-11-12-35-13-14-36-15-16-37-17-18-38-21-5-3-4-19-23(21)26(32)28(25(19)31)20-6-7-22(29)27-24(20)30/h2-5,20H,1,6-18H2,(H,27,29,30). The fourth-order valence-electron chi connectivity index (χ4n) is 3.86. The van der Waals surface area contributed by atoms with Crippen LogP contribution in [0.1, 0.15) is 33.6 Å². The van der Waals surface area contributed by atoms with Gasteiger partial charge in [-0.3, -0.25) is 29.4 Å². The van der Waals surface area contributed by atoms with Crippen molar-refractivity contribution in [3.8, 4) is 5.75 Å². The Morgan fingerprint density at radius 3 is 1.97 bits per heavy atom. The Hall–Kier alpha value is -3.16. The molecule has 4 amide bonds. The van der Waals surface area contributed by atoms with Gasteiger partial charge in [-0.25, -0.2) is 0 Å². The van der Waals surface area contributed by atoms with Crippen molar-refractivity contribution in [2.45, 2.75) is 18.9 Å². The van der Waals surface area contributed by atoms with E-state index in [1.165, 1.54) is 6.07 Å². The van der Waals surface area contributed by atoms with Crippen LogP contribution in [0, 0.1) is 0 Å². The van der Waals surface area contributed by atoms with E-state index in [0.29, 0.717) is 59.5 Å². The number of ether oxygens (including phenoxy) is 6. The number of nitrogens with one attached hydrogen (secondary N) is 1. The largest absolute Gasteiger partial charge is 0.490 e. The summed E-state index contributed by atoms with van der Waals surface area (Å²) in [6, 6.07) is 3.68. The van der Waals surface area contributed by atoms with E-state index >= 15 is 0 Å². The molecule has 2 aliphatic heterocycles. The Morgan fingerprint density at radius 1 is 0.816 bits per heavy atom. The first-order chi connectivity index (χ1) is 18.5. The maximum atomic E-state index is 13.0. The van der Waals surface area contributed by atoms with Crippen LogP contribution in [0.15, 0.2) is 30.9 Å². The lowest BCUT2D eigenvalue weighted by molar-refractivity contribution is -0.136. The molecule has 0 aliphatic carbocycles. The van der Waals surface area contributed by atoms with Crippen LogP contribution in [-0.2, 0) is 33.3 Å². The van der Waals surface area contributed by atoms with E-state index in [1.807, 2.05) is 0 Å². The minimum absolute atomic E-state index is 0.0589. The van der Waals surface area contributed by atoms with Crippen molar-refractivity contribution in [2.75, 3.05) is 72.7 Å². The van der Waals surface area contributed by atoms with Crippen LogP contribution < -0.4 is 10.1 Å². The third-order valence-corrected chi connectivity index (χ3v) is 5.64. The van der Waals surface area contributed by atoms with Crippen molar-refractivity contribution in [2.24, 2.45) is 0 Å². The molecular weight excluding hydrogens is 500 g/mol. The number of nitrogens with zero attached hydrogens (tertiary/aromatic N) is 1. The van der Waals surface area contributed by atoms with Gasteiger partial charge in [0.15, 0.2) is 0 Å². The molecule has 2 heterocycles. The van der Waals surface area contributed by atoms with Gasteiger partial charge in [0.05, 0.1) is 77.2 Å². The van der Waals surface area contributed by atoms with Gasteiger partial charge in [-0.2, -0.15) is 0 Å². The molecule has 1 atom stereocenters. The second-order valence-electron chi connectivity index (χ2n) is 8.29. The summed E-state index contributed by atoms with van der Waals surface area (Å²) >= 11 is 0. The fraction of sp³-hybridized carbons (Fsp3) is 0.538. The van der Waals surface area contributed by atoms with Gasteiger partial charge in [0.2, 0.25) is 11.8 Å². The van der Waals surface area contributed by atoms with Crippen molar-refractivity contribution in [3.63, 3.8) is 0 Å². The predicted octanol–water partition coefficient (Wildman–Crippen LogP) is 0.736. The number of hydrogen-bond acceptors (Lipinski definition) is 10. The average Bonchev–Trinajstić information content (AvgIpc) is 3.16. The minimum Gasteiger partial charge on any atom is -0.490 e. The first-order valence-electron chi connectivity index (χ1n) is 12.5. The molecule has 38 heavy (non-hydrogen) atoms. The third kappa shape index (κ3) is 8.43. The molecule has 1 aromatic carbocycles. The topological polar surface area (TPSA) is 139 Å². The molecule has 1 unspecified atom stereocenters. The van der Waals surface area contributed by atoms with Crippen molar-refractivity contribution in [1.29, 1.82) is 0 Å². The number of carbonyl (C=O) groups is 4. The summed E-state index contributed by atoms with van der Waals surface area (Å²) in [6.45, 7) is 8.08. The van der Waals surface area contributed by atoms with Gasteiger partial charge in [-0.05, 0) is 18.6 Å². The van der Waals surface area contributed by atoms with E-state index in [4.69, 9.17) is 28.4 Å². The summed E-state index contributed by atoms with van der Waals surface area (Å²) in [4.78, 5) is 50.4. The van der Waals surface area contributed by atoms with Gasteiger partial charge in [0, 0.05) is 6.42 Å². The van der Waals surface area contributed by atoms with Crippen molar-refractivity contribution in [1.82, 2.24) is 10.2 Å². The summed E-state index contributed by atoms with van der Waals surface area (Å²) in [5, 5.41) is 2.18. The van der Waals surface area contributed by atoms with Crippen molar-refractivity contribution < 1.29 is 47.6 Å². The minimum atomic E-state index is -1.03. The lowest BCUT2D eigenvalue weighted by atomic mass is 10.0. The Bertz CT molecular complexity index is 983. The Labute approximate surface area is 221 Å². The molecule has 12 heteroatoms. The lowest BCUT2D eigenvalue weighted by Gasteiger charge is -2.27. The van der Waals surface area contributed by atoms with Crippen LogP contribution in [-0.4, -0.2) is 107 Å². The Morgan fingerprint density at radius 2 is 1.39 bits per heavy atom. The van der Waals surface area contributed by atoms with Crippen molar-refractivity contribution in [3.05, 3.63) is 42.0 Å². The maximum absolute atomic E-state index is 13.0. The molecule has 1 saturated heterocycles. The third-order valence-electron chi connectivity index (χ3n) is 5.64. The Kier molecular flexibility index (Phi) is 12.3. The number of hydrogen-bond donors (Lipinski definition) is 1. The van der Waals surface area contributed by atoms with E-state index in [1.54, 1.807) is 18.2 Å². The molecule has 12 nitrogen and oxygen atoms in total. The predicted molar refractivity (Wildman–Crippen MR) is 133 cm³/mol. The highest BCUT2D eigenvalue weighted by atomic mass is 16.6. The van der Waals surface area contributed by atoms with Gasteiger partial charge in [-0.1, -0.05) is 12.1 Å². The molecule has 2 aliphatic rings. The SMILES string of the molecule is C=CCOCCOCCOCCOCCOCCOc1cccc2c1C(=O)N(C1CCC(=O)NC1=O)C2=O. The molecule has 208 valence electrons. The summed E-state index contributed by atoms with van der Waals surface area (Å²) < 4.78 is 32.6. The van der Waals surface area contributed by atoms with Crippen LogP contribution in [0.4, 0.5) is 0 Å². The summed E-state index contributed by atoms with van der Waals surface area (Å²) in [7, 11) is 0. The summed E-state index contributed by atoms with van der Waals surface area (Å²) in [5.41, 5.74) is 0.273. The number of piperidine rings is 1. The maximum Gasteiger partial charge on any atom is 0.266 e. The lowest BCUT2D eigenvalue weighted by Crippen LogP contribution is -2.54. The van der Waals surface area contributed by atoms with Crippen LogP contribution in [0.3, 0.4) is 0 Å². The second-order valence-corrected chi connectivity index (χ2v) is 8.29. The molecule has 3 rings (SSSR count). The van der Waals surface area contributed by atoms with Crippen molar-refractivity contribution >= 4 is 23.6 Å². The van der Waals surface area contributed by atoms with Gasteiger partial charge < -0.3 is 28.4 Å². The molecule has 1 fully saturated rings. The zero-order chi connectivity index (χ0) is 27.2. The van der Waals surface area contributed by atoms with Crippen LogP contribution in [0.5, 0.6) is 5.75 Å². The quantitative estimate of drug-likeness (QED) is 0.154.